The normalized spacial score (nSPS) is 11.1. The van der Waals surface area contributed by atoms with E-state index in [2.05, 4.69) is 10.3 Å². The number of hydrogen-bond acceptors (Lipinski definition) is 4. The van der Waals surface area contributed by atoms with Crippen LogP contribution in [0.4, 0.5) is 5.69 Å². The molecule has 0 aliphatic rings. The lowest BCUT2D eigenvalue weighted by Crippen LogP contribution is -2.18. The molecule has 0 fully saturated rings. The molecular weight excluding hydrogens is 282 g/mol. The van der Waals surface area contributed by atoms with E-state index in [0.717, 1.165) is 0 Å². The van der Waals surface area contributed by atoms with Crippen LogP contribution in [0.15, 0.2) is 52.2 Å². The van der Waals surface area contributed by atoms with Gasteiger partial charge in [0.2, 0.25) is 15.6 Å². The Bertz CT molecular complexity index is 794. The molecule has 0 radical (unpaired) electrons. The van der Waals surface area contributed by atoms with Gasteiger partial charge in [0.1, 0.15) is 5.69 Å². The number of anilines is 1. The quantitative estimate of drug-likeness (QED) is 0.752. The van der Waals surface area contributed by atoms with E-state index in [1.54, 1.807) is 0 Å². The van der Waals surface area contributed by atoms with Crippen molar-refractivity contribution in [1.29, 1.82) is 0 Å². The zero-order chi connectivity index (χ0) is 14.8. The maximum absolute atomic E-state index is 11.8. The average Bonchev–Trinajstić information content (AvgIpc) is 2.38. The monoisotopic (exact) mass is 293 g/mol. The van der Waals surface area contributed by atoms with E-state index in [9.17, 15) is 18.0 Å². The summed E-state index contributed by atoms with van der Waals surface area (Å²) in [5.41, 5.74) is 0.0994. The summed E-state index contributed by atoms with van der Waals surface area (Å²) < 4.78 is 22.2. The standard InChI is InChI=1S/C12H11N3O4S/c13-20(18,19)9-6-4-8(5-7-9)14-12(17)10-2-1-3-11(16)15-10/h1-7H,(H,14,17)(H,15,16)(H2,13,18,19). The first-order chi connectivity index (χ1) is 9.36. The summed E-state index contributed by atoms with van der Waals surface area (Å²) in [5, 5.41) is 7.48. The predicted molar refractivity (Wildman–Crippen MR) is 72.8 cm³/mol. The zero-order valence-electron chi connectivity index (χ0n) is 10.2. The fourth-order valence-corrected chi connectivity index (χ4v) is 2.02. The SMILES string of the molecule is NS(=O)(=O)c1ccc(NC(=O)c2cccc(=O)[nH]2)cc1. The average molecular weight is 293 g/mol. The molecule has 104 valence electrons. The van der Waals surface area contributed by atoms with Crippen LogP contribution < -0.4 is 16.0 Å². The number of pyridine rings is 1. The van der Waals surface area contributed by atoms with Crippen LogP contribution in [-0.2, 0) is 10.0 Å². The lowest BCUT2D eigenvalue weighted by molar-refractivity contribution is 0.102. The number of carbonyl (C=O) groups is 1. The van der Waals surface area contributed by atoms with Gasteiger partial charge in [-0.25, -0.2) is 13.6 Å². The van der Waals surface area contributed by atoms with Gasteiger partial charge in [0.15, 0.2) is 0 Å². The van der Waals surface area contributed by atoms with Gasteiger partial charge in [0, 0.05) is 11.8 Å². The third kappa shape index (κ3) is 3.31. The highest BCUT2D eigenvalue weighted by Gasteiger charge is 2.09. The molecule has 0 saturated carbocycles. The van der Waals surface area contributed by atoms with Gasteiger partial charge in [0.25, 0.3) is 5.91 Å². The van der Waals surface area contributed by atoms with Crippen molar-refractivity contribution in [2.24, 2.45) is 5.14 Å². The Labute approximate surface area is 114 Å². The van der Waals surface area contributed by atoms with E-state index in [4.69, 9.17) is 5.14 Å². The summed E-state index contributed by atoms with van der Waals surface area (Å²) in [7, 11) is -3.77. The topological polar surface area (TPSA) is 122 Å². The number of rotatable bonds is 3. The minimum Gasteiger partial charge on any atom is -0.321 e. The van der Waals surface area contributed by atoms with Crippen LogP contribution in [0.1, 0.15) is 10.5 Å². The fraction of sp³-hybridized carbons (Fsp3) is 0. The van der Waals surface area contributed by atoms with Gasteiger partial charge in [0.05, 0.1) is 4.90 Å². The molecular formula is C12H11N3O4S. The van der Waals surface area contributed by atoms with Crippen LogP contribution in [0, 0.1) is 0 Å². The molecule has 20 heavy (non-hydrogen) atoms. The summed E-state index contributed by atoms with van der Waals surface area (Å²) in [6, 6.07) is 9.56. The van der Waals surface area contributed by atoms with Crippen molar-refractivity contribution in [3.05, 3.63) is 58.5 Å². The molecule has 0 bridgehead atoms. The molecule has 2 aromatic rings. The van der Waals surface area contributed by atoms with Gasteiger partial charge in [-0.3, -0.25) is 9.59 Å². The Morgan fingerprint density at radius 1 is 1.10 bits per heavy atom. The first-order valence-electron chi connectivity index (χ1n) is 5.50. The molecule has 0 unspecified atom stereocenters. The number of carbonyl (C=O) groups excluding carboxylic acids is 1. The number of hydrogen-bond donors (Lipinski definition) is 3. The molecule has 2 rings (SSSR count). The van der Waals surface area contributed by atoms with Gasteiger partial charge in [-0.2, -0.15) is 0 Å². The molecule has 0 spiro atoms. The number of sulfonamides is 1. The van der Waals surface area contributed by atoms with E-state index < -0.39 is 15.9 Å². The number of aromatic nitrogens is 1. The first-order valence-corrected chi connectivity index (χ1v) is 7.04. The van der Waals surface area contributed by atoms with E-state index in [0.29, 0.717) is 5.69 Å². The summed E-state index contributed by atoms with van der Waals surface area (Å²) in [4.78, 5) is 25.2. The minimum absolute atomic E-state index is 0.0522. The van der Waals surface area contributed by atoms with Crippen LogP contribution in [0.2, 0.25) is 0 Å². The van der Waals surface area contributed by atoms with E-state index in [1.165, 1.54) is 42.5 Å². The van der Waals surface area contributed by atoms with Gasteiger partial charge in [-0.1, -0.05) is 6.07 Å². The number of nitrogens with one attached hydrogen (secondary N) is 2. The van der Waals surface area contributed by atoms with Crippen molar-refractivity contribution >= 4 is 21.6 Å². The lowest BCUT2D eigenvalue weighted by Gasteiger charge is -2.05. The number of benzene rings is 1. The summed E-state index contributed by atoms with van der Waals surface area (Å²) >= 11 is 0. The third-order valence-electron chi connectivity index (χ3n) is 2.45. The van der Waals surface area contributed by atoms with Crippen molar-refractivity contribution in [3.8, 4) is 0 Å². The largest absolute Gasteiger partial charge is 0.321 e. The van der Waals surface area contributed by atoms with Gasteiger partial charge >= 0.3 is 0 Å². The molecule has 8 heteroatoms. The van der Waals surface area contributed by atoms with Crippen molar-refractivity contribution in [3.63, 3.8) is 0 Å². The molecule has 0 atom stereocenters. The number of primary sulfonamides is 1. The minimum atomic E-state index is -3.77. The molecule has 0 saturated heterocycles. The third-order valence-corrected chi connectivity index (χ3v) is 3.38. The van der Waals surface area contributed by atoms with Gasteiger partial charge < -0.3 is 10.3 Å². The van der Waals surface area contributed by atoms with Crippen molar-refractivity contribution in [2.75, 3.05) is 5.32 Å². The van der Waals surface area contributed by atoms with Crippen LogP contribution in [0.25, 0.3) is 0 Å². The van der Waals surface area contributed by atoms with Crippen LogP contribution in [0.5, 0.6) is 0 Å². The second kappa shape index (κ2) is 5.27. The second-order valence-electron chi connectivity index (χ2n) is 3.95. The van der Waals surface area contributed by atoms with Gasteiger partial charge in [-0.05, 0) is 30.3 Å². The van der Waals surface area contributed by atoms with Crippen molar-refractivity contribution < 1.29 is 13.2 Å². The highest BCUT2D eigenvalue weighted by molar-refractivity contribution is 7.89. The lowest BCUT2D eigenvalue weighted by atomic mass is 10.3. The molecule has 0 aliphatic heterocycles. The highest BCUT2D eigenvalue weighted by Crippen LogP contribution is 2.13. The number of nitrogens with two attached hydrogens (primary N) is 1. The zero-order valence-corrected chi connectivity index (χ0v) is 11.0. The Kier molecular flexibility index (Phi) is 3.68. The number of H-pyrrole nitrogens is 1. The number of aromatic amines is 1. The van der Waals surface area contributed by atoms with Crippen molar-refractivity contribution in [1.82, 2.24) is 4.98 Å². The Morgan fingerprint density at radius 2 is 1.75 bits per heavy atom. The van der Waals surface area contributed by atoms with Crippen molar-refractivity contribution in [2.45, 2.75) is 4.90 Å². The van der Waals surface area contributed by atoms with Gasteiger partial charge in [-0.15, -0.1) is 0 Å². The number of amides is 1. The Balaban J connectivity index is 2.18. The van der Waals surface area contributed by atoms with E-state index in [1.807, 2.05) is 0 Å². The van der Waals surface area contributed by atoms with E-state index >= 15 is 0 Å². The molecule has 1 amide bonds. The first kappa shape index (κ1) is 14.0. The maximum Gasteiger partial charge on any atom is 0.272 e. The molecule has 1 aromatic carbocycles. The molecule has 1 aromatic heterocycles. The summed E-state index contributed by atoms with van der Waals surface area (Å²) in [6.45, 7) is 0. The molecule has 0 aliphatic carbocycles. The Morgan fingerprint density at radius 3 is 2.30 bits per heavy atom. The van der Waals surface area contributed by atoms with E-state index in [-0.39, 0.29) is 16.1 Å². The predicted octanol–water partition coefficient (Wildman–Crippen LogP) is 0.275. The fourth-order valence-electron chi connectivity index (χ4n) is 1.51. The van der Waals surface area contributed by atoms with Crippen LogP contribution >= 0.6 is 0 Å². The second-order valence-corrected chi connectivity index (χ2v) is 5.51. The smallest absolute Gasteiger partial charge is 0.272 e. The highest BCUT2D eigenvalue weighted by atomic mass is 32.2. The molecule has 1 heterocycles. The summed E-state index contributed by atoms with van der Waals surface area (Å²) in [6.07, 6.45) is 0. The maximum atomic E-state index is 11.8. The molecule has 7 nitrogen and oxygen atoms in total. The summed E-state index contributed by atoms with van der Waals surface area (Å²) in [5.74, 6) is -0.508. The Hall–Kier alpha value is -2.45. The van der Waals surface area contributed by atoms with Crippen LogP contribution in [0.3, 0.4) is 0 Å². The van der Waals surface area contributed by atoms with Crippen LogP contribution in [-0.4, -0.2) is 19.3 Å². The molecule has 4 N–H and O–H groups in total.